The van der Waals surface area contributed by atoms with Crippen molar-refractivity contribution < 1.29 is 4.74 Å². The zero-order valence-corrected chi connectivity index (χ0v) is 12.2. The van der Waals surface area contributed by atoms with Crippen molar-refractivity contribution in [3.63, 3.8) is 0 Å². The van der Waals surface area contributed by atoms with Crippen molar-refractivity contribution in [1.82, 2.24) is 9.88 Å². The molecule has 0 radical (unpaired) electrons. The lowest BCUT2D eigenvalue weighted by molar-refractivity contribution is -0.0415. The normalized spacial score (nSPS) is 26.2. The minimum atomic E-state index is 0.212. The maximum atomic E-state index is 5.93. The van der Waals surface area contributed by atoms with Gasteiger partial charge in [0.1, 0.15) is 4.99 Å². The zero-order chi connectivity index (χ0) is 13.9. The summed E-state index contributed by atoms with van der Waals surface area (Å²) in [5.41, 5.74) is 7.44. The lowest BCUT2D eigenvalue weighted by atomic mass is 10.1. The molecular formula is C14H20N4OS. The number of ether oxygens (including phenoxy) is 1. The topological polar surface area (TPSA) is 63.4 Å². The first kappa shape index (κ1) is 13.7. The number of fused-ring (bicyclic) bond motifs is 1. The molecule has 0 aliphatic carbocycles. The highest BCUT2D eigenvalue weighted by atomic mass is 32.1. The SMILES string of the molecule is NC(=S)c1ccncc1NCC1CN2CCCC2CO1. The van der Waals surface area contributed by atoms with Gasteiger partial charge in [0.15, 0.2) is 0 Å². The summed E-state index contributed by atoms with van der Waals surface area (Å²) in [4.78, 5) is 7.04. The quantitative estimate of drug-likeness (QED) is 0.807. The van der Waals surface area contributed by atoms with Crippen LogP contribution in [0.3, 0.4) is 0 Å². The number of nitrogens with two attached hydrogens (primary N) is 1. The van der Waals surface area contributed by atoms with Crippen molar-refractivity contribution in [2.45, 2.75) is 25.0 Å². The van der Waals surface area contributed by atoms with E-state index in [1.807, 2.05) is 6.07 Å². The molecule has 0 amide bonds. The Morgan fingerprint density at radius 2 is 2.50 bits per heavy atom. The maximum absolute atomic E-state index is 5.93. The second-order valence-corrected chi connectivity index (χ2v) is 5.85. The second-order valence-electron chi connectivity index (χ2n) is 5.41. The number of morpholine rings is 1. The molecule has 3 N–H and O–H groups in total. The predicted octanol–water partition coefficient (Wildman–Crippen LogP) is 0.991. The van der Waals surface area contributed by atoms with E-state index < -0.39 is 0 Å². The average Bonchev–Trinajstić information content (AvgIpc) is 2.92. The Morgan fingerprint density at radius 3 is 3.35 bits per heavy atom. The van der Waals surface area contributed by atoms with E-state index in [0.717, 1.165) is 30.9 Å². The van der Waals surface area contributed by atoms with E-state index in [9.17, 15) is 0 Å². The fourth-order valence-electron chi connectivity index (χ4n) is 2.98. The minimum absolute atomic E-state index is 0.212. The molecule has 2 fully saturated rings. The molecule has 0 aromatic carbocycles. The number of nitrogens with one attached hydrogen (secondary N) is 1. The van der Waals surface area contributed by atoms with Gasteiger partial charge in [-0.1, -0.05) is 12.2 Å². The molecule has 1 aromatic heterocycles. The number of hydrogen-bond acceptors (Lipinski definition) is 5. The van der Waals surface area contributed by atoms with Gasteiger partial charge in [-0.2, -0.15) is 0 Å². The molecule has 108 valence electrons. The lowest BCUT2D eigenvalue weighted by Gasteiger charge is -2.35. The molecule has 3 heterocycles. The molecule has 2 atom stereocenters. The predicted molar refractivity (Wildman–Crippen MR) is 82.9 cm³/mol. The van der Waals surface area contributed by atoms with Gasteiger partial charge in [0, 0.05) is 30.9 Å². The van der Waals surface area contributed by atoms with Crippen LogP contribution in [0.4, 0.5) is 5.69 Å². The summed E-state index contributed by atoms with van der Waals surface area (Å²) in [6.45, 7) is 3.81. The van der Waals surface area contributed by atoms with Crippen LogP contribution in [0.5, 0.6) is 0 Å². The first-order valence-electron chi connectivity index (χ1n) is 7.07. The molecular weight excluding hydrogens is 272 g/mol. The molecule has 2 aliphatic heterocycles. The largest absolute Gasteiger partial charge is 0.389 e. The van der Waals surface area contributed by atoms with Crippen LogP contribution in [0.25, 0.3) is 0 Å². The fraction of sp³-hybridized carbons (Fsp3) is 0.571. The highest BCUT2D eigenvalue weighted by molar-refractivity contribution is 7.80. The molecule has 6 heteroatoms. The van der Waals surface area contributed by atoms with Crippen molar-refractivity contribution in [3.05, 3.63) is 24.0 Å². The molecule has 2 unspecified atom stereocenters. The van der Waals surface area contributed by atoms with Gasteiger partial charge in [-0.25, -0.2) is 0 Å². The number of hydrogen-bond donors (Lipinski definition) is 2. The summed E-state index contributed by atoms with van der Waals surface area (Å²) in [5, 5.41) is 3.36. The summed E-state index contributed by atoms with van der Waals surface area (Å²) in [6, 6.07) is 2.47. The number of thiocarbonyl (C=S) groups is 1. The molecule has 20 heavy (non-hydrogen) atoms. The summed E-state index contributed by atoms with van der Waals surface area (Å²) in [6.07, 6.45) is 6.24. The number of rotatable bonds is 4. The maximum Gasteiger partial charge on any atom is 0.106 e. The van der Waals surface area contributed by atoms with Crippen molar-refractivity contribution in [3.8, 4) is 0 Å². The van der Waals surface area contributed by atoms with Gasteiger partial charge in [-0.3, -0.25) is 9.88 Å². The average molecular weight is 292 g/mol. The van der Waals surface area contributed by atoms with Crippen LogP contribution in [0, 0.1) is 0 Å². The molecule has 0 saturated carbocycles. The van der Waals surface area contributed by atoms with E-state index in [4.69, 9.17) is 22.7 Å². The highest BCUT2D eigenvalue weighted by Gasteiger charge is 2.31. The first-order valence-corrected chi connectivity index (χ1v) is 7.48. The van der Waals surface area contributed by atoms with Crippen LogP contribution in [0.15, 0.2) is 18.5 Å². The molecule has 0 bridgehead atoms. The Kier molecular flexibility index (Phi) is 4.14. The van der Waals surface area contributed by atoms with Gasteiger partial charge in [-0.15, -0.1) is 0 Å². The third-order valence-corrected chi connectivity index (χ3v) is 4.29. The Bertz CT molecular complexity index is 496. The fourth-order valence-corrected chi connectivity index (χ4v) is 3.16. The number of aromatic nitrogens is 1. The molecule has 2 aliphatic rings. The van der Waals surface area contributed by atoms with Crippen molar-refractivity contribution in [2.75, 3.05) is 31.6 Å². The van der Waals surface area contributed by atoms with E-state index in [2.05, 4.69) is 15.2 Å². The third kappa shape index (κ3) is 2.92. The van der Waals surface area contributed by atoms with Crippen LogP contribution in [-0.2, 0) is 4.74 Å². The number of pyridine rings is 1. The van der Waals surface area contributed by atoms with E-state index in [1.54, 1.807) is 12.4 Å². The van der Waals surface area contributed by atoms with E-state index in [1.165, 1.54) is 19.4 Å². The lowest BCUT2D eigenvalue weighted by Crippen LogP contribution is -2.48. The molecule has 2 saturated heterocycles. The van der Waals surface area contributed by atoms with Crippen LogP contribution < -0.4 is 11.1 Å². The number of nitrogens with zero attached hydrogens (tertiary/aromatic N) is 2. The van der Waals surface area contributed by atoms with E-state index in [0.29, 0.717) is 11.0 Å². The Morgan fingerprint density at radius 1 is 1.60 bits per heavy atom. The monoisotopic (exact) mass is 292 g/mol. The molecule has 5 nitrogen and oxygen atoms in total. The van der Waals surface area contributed by atoms with Crippen molar-refractivity contribution in [2.24, 2.45) is 5.73 Å². The third-order valence-electron chi connectivity index (χ3n) is 4.07. The summed E-state index contributed by atoms with van der Waals surface area (Å²) in [7, 11) is 0. The first-order chi connectivity index (χ1) is 9.74. The smallest absolute Gasteiger partial charge is 0.106 e. The Balaban J connectivity index is 1.58. The van der Waals surface area contributed by atoms with Crippen LogP contribution in [0.2, 0.25) is 0 Å². The Hall–Kier alpha value is -1.24. The number of anilines is 1. The van der Waals surface area contributed by atoms with Crippen LogP contribution >= 0.6 is 12.2 Å². The molecule has 1 aromatic rings. The van der Waals surface area contributed by atoms with Gasteiger partial charge in [0.2, 0.25) is 0 Å². The standard InChI is InChI=1S/C14H20N4OS/c15-14(20)12-3-4-16-7-13(12)17-6-11-8-18-5-1-2-10(18)9-19-11/h3-4,7,10-11,17H,1-2,5-6,8-9H2,(H2,15,20). The van der Waals surface area contributed by atoms with E-state index >= 15 is 0 Å². The Labute approximate surface area is 124 Å². The van der Waals surface area contributed by atoms with Gasteiger partial charge in [0.25, 0.3) is 0 Å². The highest BCUT2D eigenvalue weighted by Crippen LogP contribution is 2.23. The zero-order valence-electron chi connectivity index (χ0n) is 11.4. The van der Waals surface area contributed by atoms with Crippen molar-refractivity contribution in [1.29, 1.82) is 0 Å². The van der Waals surface area contributed by atoms with Gasteiger partial charge in [-0.05, 0) is 25.5 Å². The van der Waals surface area contributed by atoms with Crippen molar-refractivity contribution >= 4 is 22.9 Å². The van der Waals surface area contributed by atoms with Gasteiger partial charge in [0.05, 0.1) is 24.6 Å². The van der Waals surface area contributed by atoms with Crippen LogP contribution in [-0.4, -0.2) is 53.3 Å². The molecule has 3 rings (SSSR count). The minimum Gasteiger partial charge on any atom is -0.389 e. The van der Waals surface area contributed by atoms with Gasteiger partial charge >= 0.3 is 0 Å². The summed E-state index contributed by atoms with van der Waals surface area (Å²) in [5.74, 6) is 0. The van der Waals surface area contributed by atoms with Crippen LogP contribution in [0.1, 0.15) is 18.4 Å². The second kappa shape index (κ2) is 6.03. The van der Waals surface area contributed by atoms with Gasteiger partial charge < -0.3 is 15.8 Å². The molecule has 0 spiro atoms. The van der Waals surface area contributed by atoms with E-state index in [-0.39, 0.29) is 6.10 Å². The summed E-state index contributed by atoms with van der Waals surface area (Å²) < 4.78 is 5.93. The summed E-state index contributed by atoms with van der Waals surface area (Å²) >= 11 is 5.05.